The predicted octanol–water partition coefficient (Wildman–Crippen LogP) is 4.59. The van der Waals surface area contributed by atoms with Crippen LogP contribution < -0.4 is 5.32 Å². The summed E-state index contributed by atoms with van der Waals surface area (Å²) in [5, 5.41) is 11.8. The third-order valence-electron chi connectivity index (χ3n) is 7.20. The minimum absolute atomic E-state index is 0.237. The molecule has 3 aliphatic carbocycles. The highest BCUT2D eigenvalue weighted by atomic mass is 16.2. The van der Waals surface area contributed by atoms with Crippen molar-refractivity contribution in [2.45, 2.75) is 108 Å². The fraction of sp³-hybridized carbons (Fsp3) is 0.905. The molecular formula is C21H35N3O. The first-order valence-electron chi connectivity index (χ1n) is 10.9. The first kappa shape index (κ1) is 17.4. The Morgan fingerprint density at radius 1 is 0.920 bits per heavy atom. The molecule has 1 heterocycles. The molecule has 140 valence electrons. The van der Waals surface area contributed by atoms with E-state index < -0.39 is 5.54 Å². The van der Waals surface area contributed by atoms with E-state index in [1.807, 2.05) is 4.90 Å². The molecule has 0 unspecified atom stereocenters. The van der Waals surface area contributed by atoms with Crippen molar-refractivity contribution in [1.82, 2.24) is 10.2 Å². The molecule has 0 bridgehead atoms. The molecule has 1 saturated heterocycles. The highest BCUT2D eigenvalue weighted by Crippen LogP contribution is 2.41. The minimum Gasteiger partial charge on any atom is -0.342 e. The van der Waals surface area contributed by atoms with Gasteiger partial charge in [0.15, 0.2) is 5.96 Å². The minimum atomic E-state index is -0.459. The smallest absolute Gasteiger partial charge is 0.255 e. The molecule has 2 N–H and O–H groups in total. The van der Waals surface area contributed by atoms with Gasteiger partial charge in [0.25, 0.3) is 5.91 Å². The van der Waals surface area contributed by atoms with E-state index in [4.69, 9.17) is 5.41 Å². The van der Waals surface area contributed by atoms with Crippen molar-refractivity contribution in [3.8, 4) is 0 Å². The highest BCUT2D eigenvalue weighted by Gasteiger charge is 2.53. The van der Waals surface area contributed by atoms with E-state index in [0.29, 0.717) is 17.9 Å². The maximum atomic E-state index is 13.4. The number of hydrogen-bond donors (Lipinski definition) is 2. The fourth-order valence-electron chi connectivity index (χ4n) is 5.57. The Morgan fingerprint density at radius 2 is 1.52 bits per heavy atom. The molecule has 4 rings (SSSR count). The summed E-state index contributed by atoms with van der Waals surface area (Å²) in [5.74, 6) is 2.10. The normalized spacial score (nSPS) is 32.2. The average molecular weight is 346 g/mol. The van der Waals surface area contributed by atoms with Gasteiger partial charge in [-0.1, -0.05) is 64.2 Å². The molecule has 25 heavy (non-hydrogen) atoms. The Morgan fingerprint density at radius 3 is 2.12 bits per heavy atom. The van der Waals surface area contributed by atoms with Crippen molar-refractivity contribution < 1.29 is 4.79 Å². The van der Waals surface area contributed by atoms with Crippen molar-refractivity contribution in [3.63, 3.8) is 0 Å². The van der Waals surface area contributed by atoms with E-state index in [9.17, 15) is 4.79 Å². The number of carbonyl (C=O) groups excluding carboxylic acids is 1. The van der Waals surface area contributed by atoms with E-state index >= 15 is 0 Å². The second-order valence-electron chi connectivity index (χ2n) is 9.21. The van der Waals surface area contributed by atoms with Gasteiger partial charge in [-0.05, 0) is 43.9 Å². The third kappa shape index (κ3) is 3.73. The topological polar surface area (TPSA) is 56.2 Å². The lowest BCUT2D eigenvalue weighted by atomic mass is 9.75. The van der Waals surface area contributed by atoms with Crippen molar-refractivity contribution in [1.29, 1.82) is 5.41 Å². The van der Waals surface area contributed by atoms with Gasteiger partial charge in [0.1, 0.15) is 5.54 Å². The quantitative estimate of drug-likeness (QED) is 0.740. The summed E-state index contributed by atoms with van der Waals surface area (Å²) >= 11 is 0. The standard InChI is InChI=1S/C21H35N3O/c22-20-23-21(15-17-9-5-2-6-10-17,19(25)24(20)18-11-12-18)14-13-16-7-3-1-4-8-16/h16-18H,1-15H2,(H2,22,23)/t21-/m1/s1. The molecule has 4 fully saturated rings. The Kier molecular flexibility index (Phi) is 5.06. The number of nitrogens with zero attached hydrogens (tertiary/aromatic N) is 1. The lowest BCUT2D eigenvalue weighted by Gasteiger charge is -2.34. The third-order valence-corrected chi connectivity index (χ3v) is 7.20. The number of hydrogen-bond acceptors (Lipinski definition) is 2. The lowest BCUT2D eigenvalue weighted by molar-refractivity contribution is -0.132. The van der Waals surface area contributed by atoms with Crippen LogP contribution in [0.5, 0.6) is 0 Å². The van der Waals surface area contributed by atoms with Crippen LogP contribution in [-0.4, -0.2) is 28.3 Å². The first-order valence-corrected chi connectivity index (χ1v) is 10.9. The largest absolute Gasteiger partial charge is 0.342 e. The molecule has 1 amide bonds. The second-order valence-corrected chi connectivity index (χ2v) is 9.21. The number of guanidine groups is 1. The molecule has 1 atom stereocenters. The van der Waals surface area contributed by atoms with Gasteiger partial charge < -0.3 is 5.32 Å². The zero-order chi connectivity index (χ0) is 17.3. The monoisotopic (exact) mass is 345 g/mol. The maximum Gasteiger partial charge on any atom is 0.255 e. The van der Waals surface area contributed by atoms with Crippen molar-refractivity contribution in [2.24, 2.45) is 11.8 Å². The van der Waals surface area contributed by atoms with E-state index in [1.54, 1.807) is 0 Å². The molecule has 0 radical (unpaired) electrons. The molecule has 1 aliphatic heterocycles. The molecule has 0 aromatic carbocycles. The summed E-state index contributed by atoms with van der Waals surface area (Å²) in [6, 6.07) is 0.315. The van der Waals surface area contributed by atoms with Crippen LogP contribution in [0.25, 0.3) is 0 Å². The van der Waals surface area contributed by atoms with E-state index in [0.717, 1.165) is 38.0 Å². The highest BCUT2D eigenvalue weighted by molar-refractivity contribution is 6.08. The summed E-state index contributed by atoms with van der Waals surface area (Å²) in [5.41, 5.74) is -0.459. The van der Waals surface area contributed by atoms with Crippen LogP contribution in [0.15, 0.2) is 0 Å². The summed E-state index contributed by atoms with van der Waals surface area (Å²) < 4.78 is 0. The van der Waals surface area contributed by atoms with Gasteiger partial charge in [0, 0.05) is 6.04 Å². The van der Waals surface area contributed by atoms with E-state index in [-0.39, 0.29) is 5.91 Å². The van der Waals surface area contributed by atoms with Gasteiger partial charge in [-0.25, -0.2) is 0 Å². The zero-order valence-corrected chi connectivity index (χ0v) is 15.7. The number of carbonyl (C=O) groups is 1. The van der Waals surface area contributed by atoms with Crippen molar-refractivity contribution in [2.75, 3.05) is 0 Å². The van der Waals surface area contributed by atoms with Gasteiger partial charge in [-0.2, -0.15) is 0 Å². The fourth-order valence-corrected chi connectivity index (χ4v) is 5.57. The summed E-state index contributed by atoms with van der Waals surface area (Å²) in [6.45, 7) is 0. The molecule has 0 aromatic rings. The van der Waals surface area contributed by atoms with Gasteiger partial charge in [-0.15, -0.1) is 0 Å². The Balaban J connectivity index is 1.47. The van der Waals surface area contributed by atoms with Crippen LogP contribution in [0.4, 0.5) is 0 Å². The van der Waals surface area contributed by atoms with Crippen molar-refractivity contribution >= 4 is 11.9 Å². The van der Waals surface area contributed by atoms with Crippen LogP contribution >= 0.6 is 0 Å². The lowest BCUT2D eigenvalue weighted by Crippen LogP contribution is -2.49. The molecule has 4 heteroatoms. The first-order chi connectivity index (χ1) is 12.2. The van der Waals surface area contributed by atoms with E-state index in [2.05, 4.69) is 5.32 Å². The zero-order valence-electron chi connectivity index (χ0n) is 15.7. The van der Waals surface area contributed by atoms with Crippen LogP contribution in [0, 0.1) is 17.2 Å². The molecule has 4 nitrogen and oxygen atoms in total. The predicted molar refractivity (Wildman–Crippen MR) is 100 cm³/mol. The SMILES string of the molecule is N=C1N[C@](CCC2CCCCC2)(CC2CCCCC2)C(=O)N1C1CC1. The van der Waals surface area contributed by atoms with Gasteiger partial charge in [0.05, 0.1) is 0 Å². The van der Waals surface area contributed by atoms with Crippen LogP contribution in [0.3, 0.4) is 0 Å². The number of amides is 1. The molecule has 3 saturated carbocycles. The molecular weight excluding hydrogens is 310 g/mol. The number of rotatable bonds is 6. The second kappa shape index (κ2) is 7.28. The van der Waals surface area contributed by atoms with Crippen LogP contribution in [-0.2, 0) is 4.79 Å². The maximum absolute atomic E-state index is 13.4. The van der Waals surface area contributed by atoms with Gasteiger partial charge >= 0.3 is 0 Å². The summed E-state index contributed by atoms with van der Waals surface area (Å²) in [4.78, 5) is 15.2. The van der Waals surface area contributed by atoms with Gasteiger partial charge in [0.2, 0.25) is 0 Å². The number of nitrogens with one attached hydrogen (secondary N) is 2. The van der Waals surface area contributed by atoms with Crippen molar-refractivity contribution in [3.05, 3.63) is 0 Å². The Bertz CT molecular complexity index is 503. The summed E-state index contributed by atoms with van der Waals surface area (Å²) in [7, 11) is 0. The summed E-state index contributed by atoms with van der Waals surface area (Å²) in [6.07, 6.45) is 18.6. The Labute approximate surface area is 152 Å². The van der Waals surface area contributed by atoms with E-state index in [1.165, 1.54) is 64.2 Å². The molecule has 4 aliphatic rings. The Hall–Kier alpha value is -1.06. The van der Waals surface area contributed by atoms with Crippen LogP contribution in [0.2, 0.25) is 0 Å². The van der Waals surface area contributed by atoms with Crippen LogP contribution in [0.1, 0.15) is 96.3 Å². The average Bonchev–Trinajstić information content (AvgIpc) is 3.43. The molecule has 0 spiro atoms. The molecule has 0 aromatic heterocycles. The van der Waals surface area contributed by atoms with Gasteiger partial charge in [-0.3, -0.25) is 15.1 Å².